The van der Waals surface area contributed by atoms with Gasteiger partial charge in [-0.05, 0) is 0 Å². The van der Waals surface area contributed by atoms with Gasteiger partial charge in [-0.3, -0.25) is 9.48 Å². The fourth-order valence-electron chi connectivity index (χ4n) is 0.830. The fraction of sp³-hybridized carbons (Fsp3) is 0.333. The molecule has 11 heavy (non-hydrogen) atoms. The Hall–Kier alpha value is -1.52. The predicted molar refractivity (Wildman–Crippen MR) is 41.0 cm³/mol. The van der Waals surface area contributed by atoms with E-state index in [0.717, 1.165) is 0 Å². The summed E-state index contributed by atoms with van der Waals surface area (Å²) < 4.78 is 1.44. The van der Waals surface area contributed by atoms with Gasteiger partial charge in [0.2, 0.25) is 0 Å². The molecule has 0 spiro atoms. The summed E-state index contributed by atoms with van der Waals surface area (Å²) in [7, 11) is 3.23. The molecule has 1 rings (SSSR count). The van der Waals surface area contributed by atoms with Gasteiger partial charge in [0.15, 0.2) is 0 Å². The number of carbonyl (C=O) groups is 1. The summed E-state index contributed by atoms with van der Waals surface area (Å²) in [5, 5.41) is 6.29. The molecule has 0 fully saturated rings. The molecule has 0 bridgehead atoms. The van der Waals surface area contributed by atoms with E-state index in [-0.39, 0.29) is 5.91 Å². The number of amides is 1. The fourth-order valence-corrected chi connectivity index (χ4v) is 0.830. The molecule has 0 atom stereocenters. The number of aryl methyl sites for hydroxylation is 1. The van der Waals surface area contributed by atoms with Crippen LogP contribution in [0.4, 0.5) is 5.82 Å². The lowest BCUT2D eigenvalue weighted by atomic mass is 10.4. The topological polar surface area (TPSA) is 72.9 Å². The predicted octanol–water partition coefficient (Wildman–Crippen LogP) is -0.638. The lowest BCUT2D eigenvalue weighted by Crippen LogP contribution is -2.20. The molecule has 5 nitrogen and oxygen atoms in total. The number of nitrogens with two attached hydrogens (primary N) is 1. The molecule has 1 heterocycles. The second kappa shape index (κ2) is 2.61. The standard InChI is InChI=1S/C6H10N4O/c1-8-6(11)4-3-5(7)9-10(4)2/h3H,1-2H3,(H2,7,9)(H,8,11). The van der Waals surface area contributed by atoms with Crippen molar-refractivity contribution in [2.75, 3.05) is 12.8 Å². The highest BCUT2D eigenvalue weighted by Crippen LogP contribution is 2.02. The van der Waals surface area contributed by atoms with E-state index in [9.17, 15) is 4.79 Å². The maximum atomic E-state index is 11.0. The summed E-state index contributed by atoms with van der Waals surface area (Å²) in [6.07, 6.45) is 0. The van der Waals surface area contributed by atoms with Gasteiger partial charge >= 0.3 is 0 Å². The Morgan fingerprint density at radius 1 is 1.82 bits per heavy atom. The third-order valence-electron chi connectivity index (χ3n) is 1.36. The van der Waals surface area contributed by atoms with E-state index in [1.807, 2.05) is 0 Å². The van der Waals surface area contributed by atoms with Crippen LogP contribution >= 0.6 is 0 Å². The number of carbonyl (C=O) groups excluding carboxylic acids is 1. The van der Waals surface area contributed by atoms with Gasteiger partial charge in [-0.2, -0.15) is 5.10 Å². The number of nitrogen functional groups attached to an aromatic ring is 1. The first-order chi connectivity index (χ1) is 5.15. The molecule has 1 amide bonds. The van der Waals surface area contributed by atoms with Crippen molar-refractivity contribution in [3.8, 4) is 0 Å². The van der Waals surface area contributed by atoms with Crippen molar-refractivity contribution in [1.82, 2.24) is 15.1 Å². The smallest absolute Gasteiger partial charge is 0.269 e. The zero-order chi connectivity index (χ0) is 8.43. The Kier molecular flexibility index (Phi) is 1.80. The summed E-state index contributed by atoms with van der Waals surface area (Å²) in [5.74, 6) is 0.169. The van der Waals surface area contributed by atoms with Crippen molar-refractivity contribution < 1.29 is 4.79 Å². The Labute approximate surface area is 64.2 Å². The Balaban J connectivity index is 3.03. The molecular weight excluding hydrogens is 144 g/mol. The maximum absolute atomic E-state index is 11.0. The minimum atomic E-state index is -0.184. The Morgan fingerprint density at radius 3 is 2.82 bits per heavy atom. The molecule has 0 radical (unpaired) electrons. The van der Waals surface area contributed by atoms with E-state index in [0.29, 0.717) is 11.5 Å². The number of rotatable bonds is 1. The molecule has 0 saturated carbocycles. The molecule has 1 aromatic heterocycles. The van der Waals surface area contributed by atoms with Crippen LogP contribution in [0.3, 0.4) is 0 Å². The van der Waals surface area contributed by atoms with E-state index in [1.165, 1.54) is 10.7 Å². The maximum Gasteiger partial charge on any atom is 0.269 e. The van der Waals surface area contributed by atoms with Crippen LogP contribution in [0.15, 0.2) is 6.07 Å². The first-order valence-electron chi connectivity index (χ1n) is 3.16. The van der Waals surface area contributed by atoms with Crippen LogP contribution in [0.25, 0.3) is 0 Å². The number of hydrogen-bond acceptors (Lipinski definition) is 3. The highest BCUT2D eigenvalue weighted by atomic mass is 16.1. The van der Waals surface area contributed by atoms with Gasteiger partial charge in [0, 0.05) is 20.2 Å². The van der Waals surface area contributed by atoms with Crippen molar-refractivity contribution in [3.63, 3.8) is 0 Å². The van der Waals surface area contributed by atoms with Crippen LogP contribution in [0.2, 0.25) is 0 Å². The van der Waals surface area contributed by atoms with Crippen LogP contribution in [0.5, 0.6) is 0 Å². The molecule has 0 saturated heterocycles. The number of aromatic nitrogens is 2. The van der Waals surface area contributed by atoms with Gasteiger partial charge in [0.25, 0.3) is 5.91 Å². The van der Waals surface area contributed by atoms with Gasteiger partial charge in [0.05, 0.1) is 0 Å². The largest absolute Gasteiger partial charge is 0.382 e. The van der Waals surface area contributed by atoms with Gasteiger partial charge in [-0.1, -0.05) is 0 Å². The van der Waals surface area contributed by atoms with Crippen LogP contribution in [0.1, 0.15) is 10.5 Å². The lowest BCUT2D eigenvalue weighted by molar-refractivity contribution is 0.0954. The molecular formula is C6H10N4O. The quantitative estimate of drug-likeness (QED) is 0.565. The minimum absolute atomic E-state index is 0.184. The minimum Gasteiger partial charge on any atom is -0.382 e. The first-order valence-corrected chi connectivity index (χ1v) is 3.16. The summed E-state index contributed by atoms with van der Waals surface area (Å²) in [6.45, 7) is 0. The summed E-state index contributed by atoms with van der Waals surface area (Å²) >= 11 is 0. The highest BCUT2D eigenvalue weighted by Gasteiger charge is 2.08. The van der Waals surface area contributed by atoms with Crippen molar-refractivity contribution in [2.45, 2.75) is 0 Å². The van der Waals surface area contributed by atoms with Gasteiger partial charge in [-0.25, -0.2) is 0 Å². The average Bonchev–Trinajstić information content (AvgIpc) is 2.28. The van der Waals surface area contributed by atoms with Crippen molar-refractivity contribution in [1.29, 1.82) is 0 Å². The average molecular weight is 154 g/mol. The molecule has 0 aliphatic rings. The zero-order valence-corrected chi connectivity index (χ0v) is 6.46. The number of anilines is 1. The summed E-state index contributed by atoms with van der Waals surface area (Å²) in [4.78, 5) is 11.0. The molecule has 3 N–H and O–H groups in total. The van der Waals surface area contributed by atoms with Crippen molar-refractivity contribution in [3.05, 3.63) is 11.8 Å². The first kappa shape index (κ1) is 7.59. The molecule has 60 valence electrons. The van der Waals surface area contributed by atoms with Crippen molar-refractivity contribution >= 4 is 11.7 Å². The molecule has 1 aromatic rings. The molecule has 0 aliphatic heterocycles. The van der Waals surface area contributed by atoms with Crippen LogP contribution in [-0.2, 0) is 7.05 Å². The third kappa shape index (κ3) is 1.31. The van der Waals surface area contributed by atoms with E-state index >= 15 is 0 Å². The normalized spacial score (nSPS) is 9.64. The van der Waals surface area contributed by atoms with E-state index in [1.54, 1.807) is 14.1 Å². The molecule has 0 aromatic carbocycles. The van der Waals surface area contributed by atoms with Gasteiger partial charge in [-0.15, -0.1) is 0 Å². The molecule has 5 heteroatoms. The Bertz CT molecular complexity index is 278. The Morgan fingerprint density at radius 2 is 2.45 bits per heavy atom. The summed E-state index contributed by atoms with van der Waals surface area (Å²) in [6, 6.07) is 1.53. The second-order valence-electron chi connectivity index (χ2n) is 2.16. The van der Waals surface area contributed by atoms with E-state index in [2.05, 4.69) is 10.4 Å². The highest BCUT2D eigenvalue weighted by molar-refractivity contribution is 5.92. The van der Waals surface area contributed by atoms with Crippen LogP contribution < -0.4 is 11.1 Å². The monoisotopic (exact) mass is 154 g/mol. The van der Waals surface area contributed by atoms with Crippen LogP contribution in [-0.4, -0.2) is 22.7 Å². The molecule has 0 aliphatic carbocycles. The number of hydrogen-bond donors (Lipinski definition) is 2. The summed E-state index contributed by atoms with van der Waals surface area (Å²) in [5.41, 5.74) is 5.82. The van der Waals surface area contributed by atoms with E-state index < -0.39 is 0 Å². The van der Waals surface area contributed by atoms with E-state index in [4.69, 9.17) is 5.73 Å². The number of nitrogens with one attached hydrogen (secondary N) is 1. The molecule has 0 unspecified atom stereocenters. The SMILES string of the molecule is CNC(=O)c1cc(N)nn1C. The third-order valence-corrected chi connectivity index (χ3v) is 1.36. The zero-order valence-electron chi connectivity index (χ0n) is 6.46. The number of nitrogens with zero attached hydrogens (tertiary/aromatic N) is 2. The van der Waals surface area contributed by atoms with Gasteiger partial charge in [0.1, 0.15) is 11.5 Å². The van der Waals surface area contributed by atoms with Crippen LogP contribution in [0, 0.1) is 0 Å². The lowest BCUT2D eigenvalue weighted by Gasteiger charge is -1.97. The van der Waals surface area contributed by atoms with Gasteiger partial charge < -0.3 is 11.1 Å². The van der Waals surface area contributed by atoms with Crippen molar-refractivity contribution in [2.24, 2.45) is 7.05 Å². The second-order valence-corrected chi connectivity index (χ2v) is 2.16.